The lowest BCUT2D eigenvalue weighted by Crippen LogP contribution is -2.46. The lowest BCUT2D eigenvalue weighted by atomic mass is 9.97. The smallest absolute Gasteiger partial charge is 0.251 e. The number of amides is 1. The zero-order valence-corrected chi connectivity index (χ0v) is 14.0. The van der Waals surface area contributed by atoms with Crippen molar-refractivity contribution in [3.63, 3.8) is 0 Å². The number of piperidine rings is 1. The van der Waals surface area contributed by atoms with E-state index in [9.17, 15) is 4.79 Å². The van der Waals surface area contributed by atoms with Gasteiger partial charge < -0.3 is 19.7 Å². The molecule has 0 aliphatic carbocycles. The molecule has 0 aromatic carbocycles. The molecular weight excluding hydrogens is 292 g/mol. The van der Waals surface area contributed by atoms with E-state index in [1.54, 1.807) is 0 Å². The summed E-state index contributed by atoms with van der Waals surface area (Å²) < 4.78 is 11.2. The van der Waals surface area contributed by atoms with Gasteiger partial charge in [0.15, 0.2) is 0 Å². The fourth-order valence-corrected chi connectivity index (χ4v) is 3.08. The number of carbonyl (C=O) groups is 1. The normalized spacial score (nSPS) is 27.2. The maximum atomic E-state index is 12.4. The van der Waals surface area contributed by atoms with Crippen molar-refractivity contribution in [2.24, 2.45) is 5.92 Å². The van der Waals surface area contributed by atoms with Crippen LogP contribution in [0.1, 0.15) is 32.6 Å². The first kappa shape index (κ1) is 18.7. The van der Waals surface area contributed by atoms with E-state index < -0.39 is 0 Å². The molecule has 0 saturated carbocycles. The first-order chi connectivity index (χ1) is 9.70. The summed E-state index contributed by atoms with van der Waals surface area (Å²) in [5.41, 5.74) is 0. The van der Waals surface area contributed by atoms with Gasteiger partial charge in [-0.3, -0.25) is 4.79 Å². The molecule has 124 valence electrons. The van der Waals surface area contributed by atoms with E-state index in [4.69, 9.17) is 9.47 Å². The Hall–Kier alpha value is -0.360. The van der Waals surface area contributed by atoms with Crippen LogP contribution in [0.4, 0.5) is 0 Å². The maximum absolute atomic E-state index is 12.4. The SMILES string of the molecule is CNCC1CCCN(C(=O)C(C)OCC2CCCO2)C1.Cl. The van der Waals surface area contributed by atoms with Gasteiger partial charge in [-0.05, 0) is 52.1 Å². The standard InChI is InChI=1S/C15H28N2O3.ClH/c1-12(20-11-14-6-4-8-19-14)15(18)17-7-3-5-13(10-17)9-16-2;/h12-14,16H,3-11H2,1-2H3;1H. The van der Waals surface area contributed by atoms with Gasteiger partial charge in [0, 0.05) is 19.7 Å². The van der Waals surface area contributed by atoms with E-state index in [0.29, 0.717) is 12.5 Å². The van der Waals surface area contributed by atoms with Crippen LogP contribution in [-0.4, -0.2) is 62.9 Å². The summed E-state index contributed by atoms with van der Waals surface area (Å²) in [4.78, 5) is 14.4. The third-order valence-corrected chi connectivity index (χ3v) is 4.23. The number of ether oxygens (including phenoxy) is 2. The molecule has 2 heterocycles. The van der Waals surface area contributed by atoms with Crippen molar-refractivity contribution >= 4 is 18.3 Å². The third-order valence-electron chi connectivity index (χ3n) is 4.23. The van der Waals surface area contributed by atoms with Gasteiger partial charge >= 0.3 is 0 Å². The van der Waals surface area contributed by atoms with Crippen molar-refractivity contribution in [1.29, 1.82) is 0 Å². The van der Waals surface area contributed by atoms with Gasteiger partial charge in [-0.15, -0.1) is 12.4 Å². The lowest BCUT2D eigenvalue weighted by molar-refractivity contribution is -0.146. The summed E-state index contributed by atoms with van der Waals surface area (Å²) >= 11 is 0. The van der Waals surface area contributed by atoms with Crippen LogP contribution >= 0.6 is 12.4 Å². The summed E-state index contributed by atoms with van der Waals surface area (Å²) in [5, 5.41) is 3.20. The number of halogens is 1. The molecule has 5 nitrogen and oxygen atoms in total. The Morgan fingerprint density at radius 1 is 1.43 bits per heavy atom. The molecule has 21 heavy (non-hydrogen) atoms. The molecule has 0 radical (unpaired) electrons. The van der Waals surface area contributed by atoms with Gasteiger partial charge in [0.05, 0.1) is 12.7 Å². The Morgan fingerprint density at radius 2 is 2.24 bits per heavy atom. The molecule has 2 rings (SSSR count). The number of nitrogens with zero attached hydrogens (tertiary/aromatic N) is 1. The Balaban J connectivity index is 0.00000220. The summed E-state index contributed by atoms with van der Waals surface area (Å²) in [5.74, 6) is 0.701. The van der Waals surface area contributed by atoms with Gasteiger partial charge in [-0.2, -0.15) is 0 Å². The molecule has 6 heteroatoms. The topological polar surface area (TPSA) is 50.8 Å². The maximum Gasteiger partial charge on any atom is 0.251 e. The van der Waals surface area contributed by atoms with Crippen LogP contribution in [0.15, 0.2) is 0 Å². The van der Waals surface area contributed by atoms with Crippen LogP contribution in [-0.2, 0) is 14.3 Å². The second kappa shape index (κ2) is 9.62. The molecule has 0 aromatic heterocycles. The average Bonchev–Trinajstić information content (AvgIpc) is 2.98. The number of likely N-dealkylation sites (tertiary alicyclic amines) is 1. The monoisotopic (exact) mass is 320 g/mol. The minimum Gasteiger partial charge on any atom is -0.376 e. The van der Waals surface area contributed by atoms with Crippen LogP contribution in [0.5, 0.6) is 0 Å². The lowest BCUT2D eigenvalue weighted by Gasteiger charge is -2.34. The predicted molar refractivity (Wildman–Crippen MR) is 84.9 cm³/mol. The Morgan fingerprint density at radius 3 is 2.90 bits per heavy atom. The first-order valence-corrected chi connectivity index (χ1v) is 7.87. The highest BCUT2D eigenvalue weighted by atomic mass is 35.5. The summed E-state index contributed by atoms with van der Waals surface area (Å²) in [6.45, 7) is 5.93. The molecule has 0 spiro atoms. The van der Waals surface area contributed by atoms with Crippen molar-refractivity contribution < 1.29 is 14.3 Å². The number of rotatable bonds is 6. The number of nitrogens with one attached hydrogen (secondary N) is 1. The van der Waals surface area contributed by atoms with E-state index in [0.717, 1.165) is 45.5 Å². The fraction of sp³-hybridized carbons (Fsp3) is 0.933. The van der Waals surface area contributed by atoms with E-state index in [1.165, 1.54) is 6.42 Å². The fourth-order valence-electron chi connectivity index (χ4n) is 3.08. The Kier molecular flexibility index (Phi) is 8.56. The van der Waals surface area contributed by atoms with E-state index >= 15 is 0 Å². The molecule has 2 saturated heterocycles. The van der Waals surface area contributed by atoms with E-state index in [-0.39, 0.29) is 30.5 Å². The number of hydrogen-bond acceptors (Lipinski definition) is 4. The molecule has 2 aliphatic heterocycles. The molecule has 0 bridgehead atoms. The molecule has 3 unspecified atom stereocenters. The summed E-state index contributed by atoms with van der Waals surface area (Å²) in [6, 6.07) is 0. The van der Waals surface area contributed by atoms with Crippen molar-refractivity contribution in [2.75, 3.05) is 39.9 Å². The minimum absolute atomic E-state index is 0. The zero-order chi connectivity index (χ0) is 14.4. The Labute approximate surface area is 134 Å². The van der Waals surface area contributed by atoms with Gasteiger partial charge in [-0.25, -0.2) is 0 Å². The largest absolute Gasteiger partial charge is 0.376 e. The van der Waals surface area contributed by atoms with Crippen LogP contribution in [0.2, 0.25) is 0 Å². The van der Waals surface area contributed by atoms with Crippen LogP contribution in [0.25, 0.3) is 0 Å². The van der Waals surface area contributed by atoms with Crippen molar-refractivity contribution in [3.05, 3.63) is 0 Å². The van der Waals surface area contributed by atoms with Crippen LogP contribution in [0, 0.1) is 5.92 Å². The third kappa shape index (κ3) is 5.74. The summed E-state index contributed by atoms with van der Waals surface area (Å²) in [6.07, 6.45) is 4.28. The highest BCUT2D eigenvalue weighted by Crippen LogP contribution is 2.18. The van der Waals surface area contributed by atoms with Gasteiger partial charge in [0.25, 0.3) is 5.91 Å². The number of hydrogen-bond donors (Lipinski definition) is 1. The van der Waals surface area contributed by atoms with E-state index in [2.05, 4.69) is 5.32 Å². The summed E-state index contributed by atoms with van der Waals surface area (Å²) in [7, 11) is 1.97. The van der Waals surface area contributed by atoms with Gasteiger partial charge in [0.2, 0.25) is 0 Å². The molecule has 0 aromatic rings. The van der Waals surface area contributed by atoms with Crippen molar-refractivity contribution in [1.82, 2.24) is 10.2 Å². The quantitative estimate of drug-likeness (QED) is 0.805. The molecule has 1 N–H and O–H groups in total. The van der Waals surface area contributed by atoms with Crippen LogP contribution < -0.4 is 5.32 Å². The Bertz CT molecular complexity index is 309. The van der Waals surface area contributed by atoms with Gasteiger partial charge in [-0.1, -0.05) is 0 Å². The van der Waals surface area contributed by atoms with Crippen molar-refractivity contribution in [3.8, 4) is 0 Å². The molecule has 2 aliphatic rings. The van der Waals surface area contributed by atoms with E-state index in [1.807, 2.05) is 18.9 Å². The predicted octanol–water partition coefficient (Wildman–Crippen LogP) is 1.45. The van der Waals surface area contributed by atoms with Gasteiger partial charge in [0.1, 0.15) is 6.10 Å². The molecule has 3 atom stereocenters. The highest BCUT2D eigenvalue weighted by molar-refractivity contribution is 5.85. The second-order valence-electron chi connectivity index (χ2n) is 5.96. The second-order valence-corrected chi connectivity index (χ2v) is 5.96. The molecule has 2 fully saturated rings. The first-order valence-electron chi connectivity index (χ1n) is 7.87. The zero-order valence-electron chi connectivity index (χ0n) is 13.2. The van der Waals surface area contributed by atoms with Crippen LogP contribution in [0.3, 0.4) is 0 Å². The minimum atomic E-state index is -0.354. The average molecular weight is 321 g/mol. The molecule has 1 amide bonds. The van der Waals surface area contributed by atoms with Crippen molar-refractivity contribution in [2.45, 2.75) is 44.8 Å². The molecular formula is C15H29ClN2O3. The highest BCUT2D eigenvalue weighted by Gasteiger charge is 2.27. The number of carbonyl (C=O) groups excluding carboxylic acids is 1.